The van der Waals surface area contributed by atoms with Crippen molar-refractivity contribution in [1.29, 1.82) is 0 Å². The lowest BCUT2D eigenvalue weighted by Crippen LogP contribution is -2.06. The highest BCUT2D eigenvalue weighted by molar-refractivity contribution is 6.30. The van der Waals surface area contributed by atoms with Crippen LogP contribution in [-0.4, -0.2) is 20.4 Å². The smallest absolute Gasteiger partial charge is 0.165 e. The summed E-state index contributed by atoms with van der Waals surface area (Å²) in [4.78, 5) is 0. The van der Waals surface area contributed by atoms with Crippen molar-refractivity contribution in [3.8, 4) is 11.5 Å². The van der Waals surface area contributed by atoms with Crippen LogP contribution in [0.2, 0.25) is 5.02 Å². The van der Waals surface area contributed by atoms with Crippen molar-refractivity contribution >= 4 is 11.6 Å². The van der Waals surface area contributed by atoms with Gasteiger partial charge in [-0.2, -0.15) is 0 Å². The van der Waals surface area contributed by atoms with Crippen LogP contribution in [0.1, 0.15) is 12.0 Å². The molecule has 0 aromatic heterocycles. The Morgan fingerprint density at radius 3 is 2.75 bits per heavy atom. The molecule has 16 heavy (non-hydrogen) atoms. The van der Waals surface area contributed by atoms with Gasteiger partial charge >= 0.3 is 0 Å². The van der Waals surface area contributed by atoms with Crippen LogP contribution in [0.4, 0.5) is 4.39 Å². The number of hydrogen-bond donors (Lipinski definition) is 1. The van der Waals surface area contributed by atoms with Gasteiger partial charge in [0.2, 0.25) is 0 Å². The highest BCUT2D eigenvalue weighted by atomic mass is 35.5. The molecule has 1 aromatic rings. The monoisotopic (exact) mass is 247 g/mol. The van der Waals surface area contributed by atoms with Gasteiger partial charge in [-0.1, -0.05) is 11.6 Å². The standard InChI is InChI=1S/C11H15ClFNO2/c1-15-10-6-9(12)5-8(7-14)11(10)16-4-2-3-13/h5-6H,2-4,7,14H2,1H3. The predicted octanol–water partition coefficient (Wildman–Crippen LogP) is 2.55. The summed E-state index contributed by atoms with van der Waals surface area (Å²) < 4.78 is 22.6. The highest BCUT2D eigenvalue weighted by Gasteiger charge is 2.11. The summed E-state index contributed by atoms with van der Waals surface area (Å²) in [5.41, 5.74) is 6.33. The minimum Gasteiger partial charge on any atom is -0.493 e. The van der Waals surface area contributed by atoms with Gasteiger partial charge in [0.25, 0.3) is 0 Å². The zero-order valence-electron chi connectivity index (χ0n) is 9.13. The average Bonchev–Trinajstić information content (AvgIpc) is 2.30. The van der Waals surface area contributed by atoms with Crippen LogP contribution in [0.3, 0.4) is 0 Å². The number of hydrogen-bond acceptors (Lipinski definition) is 3. The molecular weight excluding hydrogens is 233 g/mol. The normalized spacial score (nSPS) is 10.2. The van der Waals surface area contributed by atoms with Crippen LogP contribution in [0, 0.1) is 0 Å². The molecule has 1 rings (SSSR count). The SMILES string of the molecule is COc1cc(Cl)cc(CN)c1OCCCF. The molecule has 0 unspecified atom stereocenters. The molecule has 0 radical (unpaired) electrons. The molecule has 0 heterocycles. The number of benzene rings is 1. The molecule has 0 aliphatic heterocycles. The minimum absolute atomic E-state index is 0.293. The summed E-state index contributed by atoms with van der Waals surface area (Å²) in [6, 6.07) is 3.36. The fourth-order valence-corrected chi connectivity index (χ4v) is 1.55. The lowest BCUT2D eigenvalue weighted by molar-refractivity contribution is 0.271. The molecule has 0 saturated heterocycles. The van der Waals surface area contributed by atoms with Crippen LogP contribution < -0.4 is 15.2 Å². The highest BCUT2D eigenvalue weighted by Crippen LogP contribution is 2.34. The van der Waals surface area contributed by atoms with Crippen molar-refractivity contribution in [2.75, 3.05) is 20.4 Å². The topological polar surface area (TPSA) is 44.5 Å². The summed E-state index contributed by atoms with van der Waals surface area (Å²) in [5.74, 6) is 1.06. The zero-order chi connectivity index (χ0) is 12.0. The van der Waals surface area contributed by atoms with Gasteiger partial charge < -0.3 is 15.2 Å². The van der Waals surface area contributed by atoms with Gasteiger partial charge in [-0.05, 0) is 6.07 Å². The van der Waals surface area contributed by atoms with E-state index in [9.17, 15) is 4.39 Å². The van der Waals surface area contributed by atoms with Gasteiger partial charge in [0, 0.05) is 29.6 Å². The summed E-state index contributed by atoms with van der Waals surface area (Å²) in [6.07, 6.45) is 0.343. The Labute approximate surface area is 99.3 Å². The Morgan fingerprint density at radius 1 is 1.44 bits per heavy atom. The second-order valence-corrected chi connectivity index (χ2v) is 3.63. The van der Waals surface area contributed by atoms with Crippen molar-refractivity contribution in [2.24, 2.45) is 5.73 Å². The van der Waals surface area contributed by atoms with Crippen LogP contribution in [-0.2, 0) is 6.54 Å². The third-order valence-corrected chi connectivity index (χ3v) is 2.28. The van der Waals surface area contributed by atoms with Crippen molar-refractivity contribution in [1.82, 2.24) is 0 Å². The summed E-state index contributed by atoms with van der Waals surface area (Å²) >= 11 is 5.89. The van der Waals surface area contributed by atoms with Gasteiger partial charge in [-0.25, -0.2) is 0 Å². The molecule has 90 valence electrons. The maximum Gasteiger partial charge on any atom is 0.165 e. The molecular formula is C11H15ClFNO2. The van der Waals surface area contributed by atoms with E-state index in [-0.39, 0.29) is 0 Å². The zero-order valence-corrected chi connectivity index (χ0v) is 9.89. The number of alkyl halides is 1. The average molecular weight is 248 g/mol. The van der Waals surface area contributed by atoms with Gasteiger partial charge in [0.05, 0.1) is 20.4 Å². The van der Waals surface area contributed by atoms with Crippen molar-refractivity contribution in [3.63, 3.8) is 0 Å². The first-order chi connectivity index (χ1) is 7.72. The maximum atomic E-state index is 12.0. The van der Waals surface area contributed by atoms with E-state index in [0.29, 0.717) is 36.1 Å². The van der Waals surface area contributed by atoms with Crippen LogP contribution >= 0.6 is 11.6 Å². The van der Waals surface area contributed by atoms with E-state index in [1.807, 2.05) is 0 Å². The van der Waals surface area contributed by atoms with E-state index in [2.05, 4.69) is 0 Å². The van der Waals surface area contributed by atoms with E-state index < -0.39 is 6.67 Å². The molecule has 0 spiro atoms. The molecule has 5 heteroatoms. The van der Waals surface area contributed by atoms with E-state index in [1.54, 1.807) is 12.1 Å². The molecule has 0 aliphatic carbocycles. The Balaban J connectivity index is 2.93. The molecule has 0 atom stereocenters. The van der Waals surface area contributed by atoms with Crippen LogP contribution in [0.15, 0.2) is 12.1 Å². The lowest BCUT2D eigenvalue weighted by atomic mass is 10.2. The second-order valence-electron chi connectivity index (χ2n) is 3.19. The summed E-state index contributed by atoms with van der Waals surface area (Å²) in [6.45, 7) is 0.178. The number of halogens is 2. The van der Waals surface area contributed by atoms with Gasteiger partial charge in [0.15, 0.2) is 11.5 Å². The Hall–Kier alpha value is -1.00. The predicted molar refractivity (Wildman–Crippen MR) is 62.0 cm³/mol. The Morgan fingerprint density at radius 2 is 2.19 bits per heavy atom. The van der Waals surface area contributed by atoms with Gasteiger partial charge in [-0.15, -0.1) is 0 Å². The molecule has 1 aromatic carbocycles. The number of methoxy groups -OCH3 is 1. The van der Waals surface area contributed by atoms with Crippen LogP contribution in [0.5, 0.6) is 11.5 Å². The molecule has 0 saturated carbocycles. The number of rotatable bonds is 6. The van der Waals surface area contributed by atoms with Gasteiger partial charge in [-0.3, -0.25) is 4.39 Å². The first-order valence-corrected chi connectivity index (χ1v) is 5.36. The van der Waals surface area contributed by atoms with E-state index >= 15 is 0 Å². The molecule has 0 bridgehead atoms. The van der Waals surface area contributed by atoms with E-state index in [1.165, 1.54) is 7.11 Å². The van der Waals surface area contributed by atoms with Crippen molar-refractivity contribution in [3.05, 3.63) is 22.7 Å². The minimum atomic E-state index is -0.409. The quantitative estimate of drug-likeness (QED) is 0.786. The molecule has 0 aliphatic rings. The third kappa shape index (κ3) is 3.25. The number of ether oxygens (including phenoxy) is 2. The first-order valence-electron chi connectivity index (χ1n) is 4.98. The Kier molecular flexibility index (Phi) is 5.35. The molecule has 0 amide bonds. The van der Waals surface area contributed by atoms with Crippen LogP contribution in [0.25, 0.3) is 0 Å². The van der Waals surface area contributed by atoms with E-state index in [4.69, 9.17) is 26.8 Å². The molecule has 3 nitrogen and oxygen atoms in total. The fourth-order valence-electron chi connectivity index (χ4n) is 1.32. The summed E-state index contributed by atoms with van der Waals surface area (Å²) in [7, 11) is 1.52. The van der Waals surface area contributed by atoms with E-state index in [0.717, 1.165) is 5.56 Å². The largest absolute Gasteiger partial charge is 0.493 e. The molecule has 0 fully saturated rings. The third-order valence-electron chi connectivity index (χ3n) is 2.06. The van der Waals surface area contributed by atoms with Crippen molar-refractivity contribution < 1.29 is 13.9 Å². The first kappa shape index (κ1) is 13.1. The maximum absolute atomic E-state index is 12.0. The van der Waals surface area contributed by atoms with Gasteiger partial charge in [0.1, 0.15) is 0 Å². The fraction of sp³-hybridized carbons (Fsp3) is 0.455. The molecule has 2 N–H and O–H groups in total. The number of nitrogens with two attached hydrogens (primary N) is 1. The lowest BCUT2D eigenvalue weighted by Gasteiger charge is -2.14. The van der Waals surface area contributed by atoms with Crippen molar-refractivity contribution in [2.45, 2.75) is 13.0 Å². The second kappa shape index (κ2) is 6.55. The summed E-state index contributed by atoms with van der Waals surface area (Å²) in [5, 5.41) is 0.537. The Bertz CT molecular complexity index is 322.